The Morgan fingerprint density at radius 3 is 2.37 bits per heavy atom. The number of rotatable bonds is 1. The van der Waals surface area contributed by atoms with Crippen LogP contribution in [0.4, 0.5) is 5.69 Å². The fourth-order valence-corrected chi connectivity index (χ4v) is 3.27. The monoisotopic (exact) mass is 857 g/mol. The molecule has 0 spiro atoms. The van der Waals surface area contributed by atoms with Crippen molar-refractivity contribution >= 4 is 51.9 Å². The number of fused-ring (bicyclic) bond motifs is 2. The van der Waals surface area contributed by atoms with E-state index in [0.29, 0.717) is 15.5 Å². The molecule has 1 aliphatic rings. The first-order valence-corrected chi connectivity index (χ1v) is 11.8. The zero-order valence-electron chi connectivity index (χ0n) is 22.3. The van der Waals surface area contributed by atoms with Gasteiger partial charge in [-0.15, -0.1) is 0 Å². The van der Waals surface area contributed by atoms with Crippen molar-refractivity contribution in [2.24, 2.45) is 0 Å². The van der Waals surface area contributed by atoms with E-state index in [0.717, 1.165) is 45.2 Å². The number of ether oxygens (including phenoxy) is 1. The van der Waals surface area contributed by atoms with Crippen molar-refractivity contribution in [1.82, 2.24) is 19.9 Å². The molecule has 0 amide bonds. The van der Waals surface area contributed by atoms with Crippen molar-refractivity contribution in [1.29, 1.82) is 0 Å². The van der Waals surface area contributed by atoms with Gasteiger partial charge >= 0.3 is 138 Å². The van der Waals surface area contributed by atoms with Crippen molar-refractivity contribution in [3.05, 3.63) is 97.8 Å². The van der Waals surface area contributed by atoms with E-state index in [1.165, 1.54) is 0 Å². The van der Waals surface area contributed by atoms with E-state index in [4.69, 9.17) is 44.3 Å². The summed E-state index contributed by atoms with van der Waals surface area (Å²) in [5.74, 6) is 1.54. The van der Waals surface area contributed by atoms with Gasteiger partial charge in [-0.1, -0.05) is 29.9 Å². The molecule has 190 valence electrons. The molecule has 0 unspecified atom stereocenters. The van der Waals surface area contributed by atoms with Crippen LogP contribution in [0.2, 0.25) is 5.15 Å². The molecule has 14 heteroatoms. The number of aromatic nitrogens is 4. The number of hydrogen-bond donors (Lipinski definition) is 2. The Bertz CT molecular complexity index is 1350. The number of aromatic amines is 1. The maximum absolute atomic E-state index is 8.64. The van der Waals surface area contributed by atoms with Crippen molar-refractivity contribution in [2.75, 3.05) is 5.73 Å². The quantitative estimate of drug-likeness (QED) is 0.0728. The maximum Gasteiger partial charge on any atom is 1.00 e. The molecule has 5 rings (SSSR count). The van der Waals surface area contributed by atoms with Crippen molar-refractivity contribution in [2.45, 2.75) is 20.3 Å². The van der Waals surface area contributed by atoms with Gasteiger partial charge in [-0.05, 0) is 72.2 Å². The second-order valence-corrected chi connectivity index (χ2v) is 8.66. The fraction of sp³-hybridized carbons (Fsp3) is 0.125. The Labute approximate surface area is 358 Å². The fourth-order valence-electron chi connectivity index (χ4n) is 2.67. The summed E-state index contributed by atoms with van der Waals surface area (Å²) in [5, 5.41) is 8.94. The molecule has 0 fully saturated rings. The minimum atomic E-state index is -0.181. The summed E-state index contributed by atoms with van der Waals surface area (Å²) in [5.41, 5.74) is 10.2. The predicted octanol–water partition coefficient (Wildman–Crippen LogP) is -0.831. The second kappa shape index (κ2) is 21.4. The smallest absolute Gasteiger partial charge is 1.00 e. The minimum absolute atomic E-state index is 0. The largest absolute Gasteiger partial charge is 1.00 e. The van der Waals surface area contributed by atoms with Gasteiger partial charge in [0, 0.05) is 35.8 Å². The summed E-state index contributed by atoms with van der Waals surface area (Å²) in [4.78, 5) is 26.6. The van der Waals surface area contributed by atoms with E-state index in [1.807, 2.05) is 50.2 Å². The molecular weight excluding hydrogens is 836 g/mol. The number of carbonyl (C=O) groups excluding carboxylic acids is 1. The molecule has 1 aliphatic heterocycles. The molecule has 0 bridgehead atoms. The summed E-state index contributed by atoms with van der Waals surface area (Å²) >= 11 is 13.6. The van der Waals surface area contributed by atoms with Gasteiger partial charge in [-0.2, -0.15) is 0 Å². The third kappa shape index (κ3) is 14.1. The summed E-state index contributed by atoms with van der Waals surface area (Å²) in [7, 11) is 0. The Morgan fingerprint density at radius 2 is 1.82 bits per heavy atom. The summed E-state index contributed by atoms with van der Waals surface area (Å²) in [6.45, 7) is 3.72. The zero-order valence-corrected chi connectivity index (χ0v) is 37.0. The first kappa shape index (κ1) is 38.7. The van der Waals surface area contributed by atoms with Crippen LogP contribution in [0.15, 0.2) is 65.4 Å². The number of pyridine rings is 4. The second-order valence-electron chi connectivity index (χ2n) is 7.04. The van der Waals surface area contributed by atoms with Crippen LogP contribution in [0, 0.1) is 18.5 Å². The van der Waals surface area contributed by atoms with E-state index >= 15 is 0 Å². The first-order chi connectivity index (χ1) is 17.2. The Morgan fingerprint density at radius 1 is 1.16 bits per heavy atom. The van der Waals surface area contributed by atoms with E-state index < -0.39 is 0 Å². The molecule has 0 saturated heterocycles. The van der Waals surface area contributed by atoms with Crippen LogP contribution in [0.5, 0.6) is 11.6 Å². The van der Waals surface area contributed by atoms with Crippen LogP contribution in [0.3, 0.4) is 0 Å². The van der Waals surface area contributed by atoms with Gasteiger partial charge in [0.15, 0.2) is 5.75 Å². The van der Waals surface area contributed by atoms with Crippen molar-refractivity contribution in [3.8, 4) is 11.6 Å². The van der Waals surface area contributed by atoms with Gasteiger partial charge in [0.25, 0.3) is 6.47 Å². The molecule has 0 aliphatic carbocycles. The molecule has 0 atom stereocenters. The first-order valence-electron chi connectivity index (χ1n) is 10.3. The van der Waals surface area contributed by atoms with Crippen molar-refractivity contribution < 1.29 is 159 Å². The molecule has 5 heterocycles. The van der Waals surface area contributed by atoms with Gasteiger partial charge in [-0.25, -0.2) is 9.97 Å². The number of halogens is 2. The summed E-state index contributed by atoms with van der Waals surface area (Å²) in [6.07, 6.45) is 4.24. The number of H-pyrrole nitrogens is 1. The number of hydrogen-bond acceptors (Lipinski definition) is 9. The number of nitrogens with zero attached hydrogens (tertiary/aromatic N) is 3. The molecule has 4 aromatic heterocycles. The summed E-state index contributed by atoms with van der Waals surface area (Å²) < 4.78 is 7.14. The number of nitrogens with one attached hydrogen (secondary N) is 1. The van der Waals surface area contributed by atoms with E-state index in [9.17, 15) is 0 Å². The Kier molecular flexibility index (Phi) is 21.8. The van der Waals surface area contributed by atoms with E-state index in [2.05, 4.69) is 46.8 Å². The van der Waals surface area contributed by atoms with Crippen LogP contribution in [-0.2, 0) is 16.1 Å². The molecule has 4 aromatic rings. The van der Waals surface area contributed by atoms with Crippen LogP contribution in [0.1, 0.15) is 24.1 Å². The van der Waals surface area contributed by atoms with Crippen LogP contribution in [0.25, 0.3) is 0 Å². The topological polar surface area (TPSA) is 139 Å². The number of nitrogen functional groups attached to an aromatic ring is 1. The van der Waals surface area contributed by atoms with E-state index in [-0.39, 0.29) is 146 Å². The molecule has 0 radical (unpaired) electrons. The molecular formula is C24H23BrClCs2N5O4S. The van der Waals surface area contributed by atoms with Gasteiger partial charge in [-0.3, -0.25) is 9.78 Å². The zero-order chi connectivity index (χ0) is 26.5. The number of nitrogens with two attached hydrogens (primary N) is 1. The maximum atomic E-state index is 8.64. The standard InChI is InChI=1S/C12H10N2O.C6H8N2S.C5H3BrClN.CH2O3.2Cs.H/c1-8-4-5-9-7-10-11(3-2-6-13-10)15-12(9)14-8;1-4-2-3-5(7)6(9)8-4;6-4-2-1-3-8-5(4)7;2-1-4-3;;;/h2-6H,7H2,1H3;2-3H,7H2,1H3,(H,8,9);1-3H;1,3H;;;/q;;;;2*+1;-1/p-1. The third-order valence-corrected chi connectivity index (χ3v) is 5.84. The normalized spacial score (nSPS) is 9.71. The molecule has 9 nitrogen and oxygen atoms in total. The SMILES string of the molecule is Cc1ccc(N)c(=S)[nH]1.Cc1ccc2c(n1)Oc1cccnc1C2.Clc1ncccc1Br.O=CO[O-].[Cs+].[Cs+].[H-]. The average Bonchev–Trinajstić information content (AvgIpc) is 2.88. The molecule has 0 aromatic carbocycles. The minimum Gasteiger partial charge on any atom is -1.00 e. The Balaban J connectivity index is 0. The van der Waals surface area contributed by atoms with Gasteiger partial charge < -0.3 is 27.0 Å². The Hall–Kier alpha value is 0.724. The number of carbonyl (C=O) groups is 1. The molecule has 3 N–H and O–H groups in total. The summed E-state index contributed by atoms with van der Waals surface area (Å²) in [6, 6.07) is 15.2. The number of aryl methyl sites for hydroxylation is 2. The van der Waals surface area contributed by atoms with E-state index in [1.54, 1.807) is 18.5 Å². The van der Waals surface area contributed by atoms with Crippen LogP contribution < -0.4 is 154 Å². The van der Waals surface area contributed by atoms with Gasteiger partial charge in [0.05, 0.1) is 15.9 Å². The molecule has 38 heavy (non-hydrogen) atoms. The van der Waals surface area contributed by atoms with Gasteiger partial charge in [0.1, 0.15) is 9.79 Å². The number of anilines is 1. The van der Waals surface area contributed by atoms with Crippen LogP contribution >= 0.6 is 39.7 Å². The van der Waals surface area contributed by atoms with Crippen LogP contribution in [-0.4, -0.2) is 26.4 Å². The van der Waals surface area contributed by atoms with Gasteiger partial charge in [0.2, 0.25) is 5.88 Å². The van der Waals surface area contributed by atoms with Crippen molar-refractivity contribution in [3.63, 3.8) is 0 Å². The molecule has 0 saturated carbocycles. The third-order valence-electron chi connectivity index (χ3n) is 4.33. The predicted molar refractivity (Wildman–Crippen MR) is 142 cm³/mol. The average molecular weight is 859 g/mol.